The highest BCUT2D eigenvalue weighted by Gasteiger charge is 2.25. The van der Waals surface area contributed by atoms with Crippen LogP contribution in [-0.2, 0) is 4.79 Å². The van der Waals surface area contributed by atoms with E-state index in [1.165, 1.54) is 9.40 Å². The maximum atomic E-state index is 12.6. The number of fused-ring (bicyclic) bond motifs is 1. The molecule has 26 heavy (non-hydrogen) atoms. The standard InChI is InChI=1S/C18H25N3O2S2.ClH/c19-7-4-2-1-3-5-17(22)20-8-10-21(11-9-20)18(23)16-13-15-14(25-16)6-12-24-15;/h6,12-13H,1-5,7-11,19H2;1H. The molecule has 1 fully saturated rings. The summed E-state index contributed by atoms with van der Waals surface area (Å²) in [4.78, 5) is 29.5. The number of halogens is 1. The Morgan fingerprint density at radius 2 is 1.69 bits per heavy atom. The highest BCUT2D eigenvalue weighted by atomic mass is 35.5. The van der Waals surface area contributed by atoms with Crippen molar-refractivity contribution < 1.29 is 9.59 Å². The molecule has 144 valence electrons. The van der Waals surface area contributed by atoms with Crippen LogP contribution in [0.4, 0.5) is 0 Å². The van der Waals surface area contributed by atoms with Crippen LogP contribution in [0.25, 0.3) is 9.40 Å². The van der Waals surface area contributed by atoms with E-state index in [4.69, 9.17) is 5.73 Å². The SMILES string of the molecule is Cl.NCCCCCCC(=O)N1CCN(C(=O)c2cc3sccc3s2)CC1. The van der Waals surface area contributed by atoms with Gasteiger partial charge in [0, 0.05) is 42.0 Å². The summed E-state index contributed by atoms with van der Waals surface area (Å²) in [5.41, 5.74) is 5.48. The lowest BCUT2D eigenvalue weighted by molar-refractivity contribution is -0.132. The molecule has 2 aromatic rings. The van der Waals surface area contributed by atoms with Gasteiger partial charge in [0.2, 0.25) is 5.91 Å². The fraction of sp³-hybridized carbons (Fsp3) is 0.556. The van der Waals surface area contributed by atoms with Gasteiger partial charge in [-0.2, -0.15) is 0 Å². The third-order valence-electron chi connectivity index (χ3n) is 4.61. The minimum absolute atomic E-state index is 0. The van der Waals surface area contributed by atoms with Crippen molar-refractivity contribution in [1.82, 2.24) is 9.80 Å². The first kappa shape index (κ1) is 21.2. The first-order valence-corrected chi connectivity index (χ1v) is 10.6. The van der Waals surface area contributed by atoms with Gasteiger partial charge >= 0.3 is 0 Å². The zero-order valence-electron chi connectivity index (χ0n) is 14.8. The van der Waals surface area contributed by atoms with Crippen molar-refractivity contribution in [2.24, 2.45) is 5.73 Å². The molecule has 0 bridgehead atoms. The van der Waals surface area contributed by atoms with Crippen LogP contribution in [0.15, 0.2) is 17.5 Å². The third kappa shape index (κ3) is 5.19. The highest BCUT2D eigenvalue weighted by molar-refractivity contribution is 7.27. The lowest BCUT2D eigenvalue weighted by atomic mass is 10.1. The predicted octanol–water partition coefficient (Wildman–Crippen LogP) is 3.58. The van der Waals surface area contributed by atoms with Crippen LogP contribution in [0.3, 0.4) is 0 Å². The molecule has 2 N–H and O–H groups in total. The Bertz CT molecular complexity index is 694. The Labute approximate surface area is 168 Å². The molecule has 5 nitrogen and oxygen atoms in total. The van der Waals surface area contributed by atoms with Crippen molar-refractivity contribution in [3.63, 3.8) is 0 Å². The van der Waals surface area contributed by atoms with Gasteiger partial charge in [-0.3, -0.25) is 9.59 Å². The van der Waals surface area contributed by atoms with Gasteiger partial charge in [-0.05, 0) is 36.9 Å². The van der Waals surface area contributed by atoms with Crippen molar-refractivity contribution in [2.45, 2.75) is 32.1 Å². The lowest BCUT2D eigenvalue weighted by Gasteiger charge is -2.34. The number of amides is 2. The van der Waals surface area contributed by atoms with Crippen LogP contribution in [0.2, 0.25) is 0 Å². The monoisotopic (exact) mass is 415 g/mol. The number of nitrogens with zero attached hydrogens (tertiary/aromatic N) is 2. The quantitative estimate of drug-likeness (QED) is 0.703. The summed E-state index contributed by atoms with van der Waals surface area (Å²) in [6.45, 7) is 3.28. The minimum atomic E-state index is 0. The van der Waals surface area contributed by atoms with Crippen LogP contribution < -0.4 is 5.73 Å². The number of carbonyl (C=O) groups is 2. The fourth-order valence-corrected chi connectivity index (χ4v) is 5.19. The van der Waals surface area contributed by atoms with Crippen LogP contribution in [0.5, 0.6) is 0 Å². The summed E-state index contributed by atoms with van der Waals surface area (Å²) in [6, 6.07) is 4.05. The Hall–Kier alpha value is -1.15. The van der Waals surface area contributed by atoms with Gasteiger partial charge in [-0.15, -0.1) is 35.1 Å². The number of unbranched alkanes of at least 4 members (excludes halogenated alkanes) is 3. The third-order valence-corrected chi connectivity index (χ3v) is 6.70. The average molecular weight is 416 g/mol. The molecule has 0 radical (unpaired) electrons. The van der Waals surface area contributed by atoms with E-state index >= 15 is 0 Å². The lowest BCUT2D eigenvalue weighted by Crippen LogP contribution is -2.50. The van der Waals surface area contributed by atoms with Crippen molar-refractivity contribution in [3.8, 4) is 0 Å². The van der Waals surface area contributed by atoms with Crippen LogP contribution >= 0.6 is 35.1 Å². The van der Waals surface area contributed by atoms with Crippen molar-refractivity contribution in [3.05, 3.63) is 22.4 Å². The van der Waals surface area contributed by atoms with E-state index in [9.17, 15) is 9.59 Å². The van der Waals surface area contributed by atoms with E-state index in [2.05, 4.69) is 11.4 Å². The van der Waals surface area contributed by atoms with Crippen molar-refractivity contribution in [1.29, 1.82) is 0 Å². The zero-order valence-corrected chi connectivity index (χ0v) is 17.3. The molecule has 1 aliphatic rings. The normalized spacial score (nSPS) is 14.5. The topological polar surface area (TPSA) is 66.6 Å². The second-order valence-corrected chi connectivity index (χ2v) is 8.42. The predicted molar refractivity (Wildman–Crippen MR) is 112 cm³/mol. The second kappa shape index (κ2) is 10.3. The Balaban J connectivity index is 0.00000243. The summed E-state index contributed by atoms with van der Waals surface area (Å²) in [5.74, 6) is 0.318. The Morgan fingerprint density at radius 3 is 2.38 bits per heavy atom. The van der Waals surface area contributed by atoms with Gasteiger partial charge in [-0.25, -0.2) is 0 Å². The summed E-state index contributed by atoms with van der Waals surface area (Å²) < 4.78 is 2.36. The summed E-state index contributed by atoms with van der Waals surface area (Å²) >= 11 is 3.23. The summed E-state index contributed by atoms with van der Waals surface area (Å²) in [5, 5.41) is 2.05. The summed E-state index contributed by atoms with van der Waals surface area (Å²) in [7, 11) is 0. The number of thiophene rings is 2. The average Bonchev–Trinajstić information content (AvgIpc) is 3.23. The van der Waals surface area contributed by atoms with E-state index in [1.807, 2.05) is 15.9 Å². The van der Waals surface area contributed by atoms with Crippen molar-refractivity contribution in [2.75, 3.05) is 32.7 Å². The molecule has 8 heteroatoms. The van der Waals surface area contributed by atoms with Gasteiger partial charge in [-0.1, -0.05) is 12.8 Å². The molecule has 0 saturated carbocycles. The van der Waals surface area contributed by atoms with Gasteiger partial charge < -0.3 is 15.5 Å². The molecule has 3 rings (SSSR count). The molecular formula is C18H26ClN3O2S2. The van der Waals surface area contributed by atoms with E-state index < -0.39 is 0 Å². The fourth-order valence-electron chi connectivity index (χ4n) is 3.12. The van der Waals surface area contributed by atoms with Crippen molar-refractivity contribution >= 4 is 56.3 Å². The summed E-state index contributed by atoms with van der Waals surface area (Å²) in [6.07, 6.45) is 4.75. The molecule has 1 aliphatic heterocycles. The minimum Gasteiger partial charge on any atom is -0.339 e. The molecule has 0 aromatic carbocycles. The number of piperazine rings is 1. The van der Waals surface area contributed by atoms with Gasteiger partial charge in [0.15, 0.2) is 0 Å². The van der Waals surface area contributed by atoms with Gasteiger partial charge in [0.05, 0.1) is 4.88 Å². The Kier molecular flexibility index (Phi) is 8.34. The van der Waals surface area contributed by atoms with E-state index in [0.717, 1.165) is 37.1 Å². The molecule has 2 aromatic heterocycles. The maximum absolute atomic E-state index is 12.6. The van der Waals surface area contributed by atoms with Gasteiger partial charge in [0.1, 0.15) is 0 Å². The molecule has 1 saturated heterocycles. The van der Waals surface area contributed by atoms with E-state index in [-0.39, 0.29) is 24.2 Å². The second-order valence-electron chi connectivity index (χ2n) is 6.39. The highest BCUT2D eigenvalue weighted by Crippen LogP contribution is 2.30. The molecule has 0 spiro atoms. The van der Waals surface area contributed by atoms with Crippen LogP contribution in [0, 0.1) is 0 Å². The number of hydrogen-bond acceptors (Lipinski definition) is 5. The van der Waals surface area contributed by atoms with E-state index in [1.54, 1.807) is 22.7 Å². The number of hydrogen-bond donors (Lipinski definition) is 1. The number of rotatable bonds is 7. The zero-order chi connectivity index (χ0) is 17.6. The smallest absolute Gasteiger partial charge is 0.264 e. The van der Waals surface area contributed by atoms with E-state index in [0.29, 0.717) is 32.6 Å². The van der Waals surface area contributed by atoms with Crippen LogP contribution in [0.1, 0.15) is 41.8 Å². The molecule has 2 amide bonds. The molecule has 0 aliphatic carbocycles. The molecule has 0 unspecified atom stereocenters. The first-order chi connectivity index (χ1) is 12.2. The number of nitrogens with two attached hydrogens (primary N) is 1. The largest absolute Gasteiger partial charge is 0.339 e. The molecular weight excluding hydrogens is 390 g/mol. The first-order valence-electron chi connectivity index (χ1n) is 8.93. The maximum Gasteiger partial charge on any atom is 0.264 e. The van der Waals surface area contributed by atoms with Gasteiger partial charge in [0.25, 0.3) is 5.91 Å². The van der Waals surface area contributed by atoms with Crippen LogP contribution in [-0.4, -0.2) is 54.3 Å². The molecule has 0 atom stereocenters. The Morgan fingerprint density at radius 1 is 1.00 bits per heavy atom. The number of carbonyl (C=O) groups excluding carboxylic acids is 2. The molecule has 3 heterocycles.